The summed E-state index contributed by atoms with van der Waals surface area (Å²) in [4.78, 5) is 10.9. The smallest absolute Gasteiger partial charge is 0.314 e. The molecular weight excluding hydrogens is 200 g/mol. The van der Waals surface area contributed by atoms with Crippen molar-refractivity contribution in [3.8, 4) is 0 Å². The highest BCUT2D eigenvalue weighted by atomic mass is 16.4. The van der Waals surface area contributed by atoms with Crippen LogP contribution in [0.3, 0.4) is 0 Å². The van der Waals surface area contributed by atoms with E-state index in [0.29, 0.717) is 0 Å². The van der Waals surface area contributed by atoms with Gasteiger partial charge in [-0.1, -0.05) is 44.1 Å². The highest BCUT2D eigenvalue weighted by Gasteiger charge is 2.23. The fourth-order valence-corrected chi connectivity index (χ4v) is 2.59. The first-order chi connectivity index (χ1) is 7.70. The maximum absolute atomic E-state index is 10.9. The molecule has 1 N–H and O–H groups in total. The molecule has 2 heteroatoms. The molecule has 0 radical (unpaired) electrons. The number of carbonyl (C=O) groups is 1. The molecule has 0 aromatic carbocycles. The second-order valence-corrected chi connectivity index (χ2v) is 4.70. The molecule has 0 saturated carbocycles. The lowest BCUT2D eigenvalue weighted by molar-refractivity contribution is -0.138. The van der Waals surface area contributed by atoms with E-state index in [-0.39, 0.29) is 0 Å². The van der Waals surface area contributed by atoms with Crippen LogP contribution in [-0.2, 0) is 4.79 Å². The van der Waals surface area contributed by atoms with Crippen LogP contribution in [0, 0.1) is 11.8 Å². The molecule has 0 aromatic heterocycles. The summed E-state index contributed by atoms with van der Waals surface area (Å²) in [5, 5.41) is 8.94. The van der Waals surface area contributed by atoms with Gasteiger partial charge in [-0.3, -0.25) is 4.79 Å². The van der Waals surface area contributed by atoms with E-state index in [4.69, 9.17) is 5.11 Å². The second kappa shape index (κ2) is 4.69. The summed E-state index contributed by atoms with van der Waals surface area (Å²) in [6, 6.07) is 0. The third-order valence-electron chi connectivity index (χ3n) is 3.42. The van der Waals surface area contributed by atoms with Crippen molar-refractivity contribution in [3.63, 3.8) is 0 Å². The molecule has 0 unspecified atom stereocenters. The molecule has 0 spiro atoms. The van der Waals surface area contributed by atoms with E-state index < -0.39 is 11.9 Å². The van der Waals surface area contributed by atoms with E-state index in [1.54, 1.807) is 12.2 Å². The number of allylic oxidation sites excluding steroid dienone is 4. The summed E-state index contributed by atoms with van der Waals surface area (Å²) in [7, 11) is 0. The minimum absolute atomic E-state index is 0.449. The van der Waals surface area contributed by atoms with Crippen LogP contribution in [-0.4, -0.2) is 11.1 Å². The Morgan fingerprint density at radius 2 is 1.88 bits per heavy atom. The Kier molecular flexibility index (Phi) is 3.28. The fraction of sp³-hybridized carbons (Fsp3) is 0.500. The standard InChI is InChI=1S/C14H18O2/c1-2-3-10-8-12-6-4-11(14(15)16)5-7-13(12)9-10/h4-7,10-11H,2-3,8-9H2,1H3,(H,15,16). The Labute approximate surface area is 96.4 Å². The van der Waals surface area contributed by atoms with Gasteiger partial charge in [-0.15, -0.1) is 0 Å². The first-order valence-electron chi connectivity index (χ1n) is 6.02. The van der Waals surface area contributed by atoms with Crippen molar-refractivity contribution in [1.29, 1.82) is 0 Å². The molecule has 0 aliphatic heterocycles. The molecule has 2 rings (SSSR count). The molecule has 86 valence electrons. The summed E-state index contributed by atoms with van der Waals surface area (Å²) in [5.74, 6) is -0.445. The van der Waals surface area contributed by atoms with Gasteiger partial charge in [0.05, 0.1) is 5.92 Å². The molecule has 2 aliphatic rings. The number of carboxylic acid groups (broad SMARTS) is 1. The molecule has 0 heterocycles. The van der Waals surface area contributed by atoms with Gasteiger partial charge in [0.2, 0.25) is 0 Å². The summed E-state index contributed by atoms with van der Waals surface area (Å²) in [6.07, 6.45) is 12.4. The Bertz CT molecular complexity index is 348. The Hall–Kier alpha value is -1.31. The van der Waals surface area contributed by atoms with Gasteiger partial charge in [0.1, 0.15) is 0 Å². The summed E-state index contributed by atoms with van der Waals surface area (Å²) in [6.45, 7) is 2.22. The van der Waals surface area contributed by atoms with E-state index in [9.17, 15) is 4.79 Å². The lowest BCUT2D eigenvalue weighted by atomic mass is 9.98. The average Bonchev–Trinajstić information content (AvgIpc) is 2.50. The maximum atomic E-state index is 10.9. The van der Waals surface area contributed by atoms with Gasteiger partial charge in [0.15, 0.2) is 0 Å². The van der Waals surface area contributed by atoms with Crippen molar-refractivity contribution in [2.75, 3.05) is 0 Å². The highest BCUT2D eigenvalue weighted by Crippen LogP contribution is 2.37. The largest absolute Gasteiger partial charge is 0.481 e. The van der Waals surface area contributed by atoms with Crippen molar-refractivity contribution >= 4 is 5.97 Å². The topological polar surface area (TPSA) is 37.3 Å². The van der Waals surface area contributed by atoms with Gasteiger partial charge in [0, 0.05) is 0 Å². The lowest BCUT2D eigenvalue weighted by Gasteiger charge is -2.07. The minimum Gasteiger partial charge on any atom is -0.481 e. The summed E-state index contributed by atoms with van der Waals surface area (Å²) < 4.78 is 0. The molecule has 0 bridgehead atoms. The molecule has 0 atom stereocenters. The molecule has 0 aromatic rings. The van der Waals surface area contributed by atoms with Crippen LogP contribution < -0.4 is 0 Å². The van der Waals surface area contributed by atoms with E-state index in [0.717, 1.165) is 18.8 Å². The van der Waals surface area contributed by atoms with Crippen LogP contribution in [0.2, 0.25) is 0 Å². The number of rotatable bonds is 3. The Morgan fingerprint density at radius 3 is 2.31 bits per heavy atom. The highest BCUT2D eigenvalue weighted by molar-refractivity contribution is 5.75. The quantitative estimate of drug-likeness (QED) is 0.789. The third-order valence-corrected chi connectivity index (χ3v) is 3.42. The van der Waals surface area contributed by atoms with E-state index >= 15 is 0 Å². The first kappa shape index (κ1) is 11.2. The maximum Gasteiger partial charge on any atom is 0.314 e. The zero-order valence-corrected chi connectivity index (χ0v) is 9.65. The second-order valence-electron chi connectivity index (χ2n) is 4.70. The van der Waals surface area contributed by atoms with Gasteiger partial charge >= 0.3 is 5.97 Å². The average molecular weight is 218 g/mol. The zero-order valence-electron chi connectivity index (χ0n) is 9.65. The van der Waals surface area contributed by atoms with E-state index in [2.05, 4.69) is 6.92 Å². The molecule has 2 nitrogen and oxygen atoms in total. The molecule has 0 saturated heterocycles. The van der Waals surface area contributed by atoms with Crippen LogP contribution in [0.5, 0.6) is 0 Å². The Balaban J connectivity index is 2.08. The zero-order chi connectivity index (χ0) is 11.5. The first-order valence-corrected chi connectivity index (χ1v) is 6.02. The van der Waals surface area contributed by atoms with Crippen LogP contribution in [0.25, 0.3) is 0 Å². The number of hydrogen-bond donors (Lipinski definition) is 1. The monoisotopic (exact) mass is 218 g/mol. The fourth-order valence-electron chi connectivity index (χ4n) is 2.59. The molecule has 16 heavy (non-hydrogen) atoms. The van der Waals surface area contributed by atoms with Crippen LogP contribution >= 0.6 is 0 Å². The molecule has 0 amide bonds. The minimum atomic E-state index is -0.765. The van der Waals surface area contributed by atoms with Crippen molar-refractivity contribution in [1.82, 2.24) is 0 Å². The van der Waals surface area contributed by atoms with Gasteiger partial charge < -0.3 is 5.11 Å². The lowest BCUT2D eigenvalue weighted by Crippen LogP contribution is -2.07. The van der Waals surface area contributed by atoms with Crippen LogP contribution in [0.15, 0.2) is 35.5 Å². The summed E-state index contributed by atoms with van der Waals surface area (Å²) in [5.41, 5.74) is 2.69. The molecule has 0 fully saturated rings. The van der Waals surface area contributed by atoms with Crippen molar-refractivity contribution in [3.05, 3.63) is 35.5 Å². The summed E-state index contributed by atoms with van der Waals surface area (Å²) >= 11 is 0. The molecule has 2 aliphatic carbocycles. The Morgan fingerprint density at radius 1 is 1.31 bits per heavy atom. The predicted octanol–water partition coefficient (Wildman–Crippen LogP) is 3.32. The SMILES string of the molecule is CCCC1CC2=C(C=CC(C(=O)O)C=C2)C1. The number of carboxylic acids is 1. The number of aliphatic carboxylic acids is 1. The third kappa shape index (κ3) is 2.26. The molecular formula is C14H18O2. The van der Waals surface area contributed by atoms with Crippen molar-refractivity contribution < 1.29 is 9.90 Å². The van der Waals surface area contributed by atoms with E-state index in [1.165, 1.54) is 24.0 Å². The van der Waals surface area contributed by atoms with Crippen LogP contribution in [0.4, 0.5) is 0 Å². The number of hydrogen-bond acceptors (Lipinski definition) is 1. The normalized spacial score (nSPS) is 21.3. The van der Waals surface area contributed by atoms with Gasteiger partial charge in [-0.2, -0.15) is 0 Å². The van der Waals surface area contributed by atoms with Crippen LogP contribution in [0.1, 0.15) is 32.6 Å². The van der Waals surface area contributed by atoms with Gasteiger partial charge in [-0.25, -0.2) is 0 Å². The van der Waals surface area contributed by atoms with E-state index in [1.807, 2.05) is 12.2 Å². The van der Waals surface area contributed by atoms with Crippen molar-refractivity contribution in [2.24, 2.45) is 11.8 Å². The van der Waals surface area contributed by atoms with Gasteiger partial charge in [0.25, 0.3) is 0 Å². The van der Waals surface area contributed by atoms with Crippen molar-refractivity contribution in [2.45, 2.75) is 32.6 Å². The van der Waals surface area contributed by atoms with Gasteiger partial charge in [-0.05, 0) is 29.9 Å². The predicted molar refractivity (Wildman–Crippen MR) is 64.1 cm³/mol.